The molecule has 1 spiro atoms. The molecule has 4 atom stereocenters. The van der Waals surface area contributed by atoms with Crippen molar-refractivity contribution in [1.29, 1.82) is 0 Å². The van der Waals surface area contributed by atoms with Gasteiger partial charge in [-0.25, -0.2) is 0 Å². The number of fused-ring (bicyclic) bond motifs is 2. The van der Waals surface area contributed by atoms with Crippen molar-refractivity contribution in [2.45, 2.75) is 68.8 Å². The topological polar surface area (TPSA) is 50.7 Å². The molecule has 2 heterocycles. The van der Waals surface area contributed by atoms with Crippen molar-refractivity contribution in [2.75, 3.05) is 6.61 Å². The average Bonchev–Trinajstić information content (AvgIpc) is 3.05. The van der Waals surface area contributed by atoms with E-state index in [2.05, 4.69) is 19.2 Å². The second-order valence-electron chi connectivity index (χ2n) is 7.76. The fraction of sp³-hybridized carbons (Fsp3) is 0.875. The minimum absolute atomic E-state index is 0.144. The first-order chi connectivity index (χ1) is 9.96. The summed E-state index contributed by atoms with van der Waals surface area (Å²) in [6.07, 6.45) is 6.87. The van der Waals surface area contributed by atoms with Gasteiger partial charge in [-0.15, -0.1) is 0 Å². The molecule has 116 valence electrons. The van der Waals surface area contributed by atoms with E-state index in [0.717, 1.165) is 29.8 Å². The Hall–Kier alpha value is -0.550. The van der Waals surface area contributed by atoms with Crippen LogP contribution in [-0.4, -0.2) is 34.1 Å². The first-order valence-corrected chi connectivity index (χ1v) is 9.00. The molecule has 1 N–H and O–H groups in total. The number of nitrogens with zero attached hydrogens (tertiary/aromatic N) is 1. The second-order valence-corrected chi connectivity index (χ2v) is 9.13. The van der Waals surface area contributed by atoms with Crippen LogP contribution in [-0.2, 0) is 9.53 Å². The predicted octanol–water partition coefficient (Wildman–Crippen LogP) is 2.72. The SMILES string of the molecule is CC1(C)CC2(CCO1)SC(=NC1CC3CCC1C3)NC2=O. The third kappa shape index (κ3) is 2.42. The second kappa shape index (κ2) is 4.72. The van der Waals surface area contributed by atoms with Gasteiger partial charge in [-0.2, -0.15) is 0 Å². The zero-order chi connectivity index (χ0) is 14.7. The van der Waals surface area contributed by atoms with E-state index in [1.165, 1.54) is 25.7 Å². The quantitative estimate of drug-likeness (QED) is 0.810. The monoisotopic (exact) mass is 308 g/mol. The third-order valence-electron chi connectivity index (χ3n) is 5.62. The van der Waals surface area contributed by atoms with Crippen molar-refractivity contribution in [3.8, 4) is 0 Å². The molecule has 0 aromatic carbocycles. The highest BCUT2D eigenvalue weighted by molar-refractivity contribution is 8.16. The first-order valence-electron chi connectivity index (χ1n) is 8.18. The molecule has 2 aliphatic carbocycles. The zero-order valence-corrected chi connectivity index (χ0v) is 13.7. The Kier molecular flexibility index (Phi) is 3.16. The van der Waals surface area contributed by atoms with Gasteiger partial charge in [0.1, 0.15) is 4.75 Å². The summed E-state index contributed by atoms with van der Waals surface area (Å²) in [6, 6.07) is 0.453. The molecule has 2 aliphatic heterocycles. The number of amidine groups is 1. The van der Waals surface area contributed by atoms with Crippen molar-refractivity contribution < 1.29 is 9.53 Å². The first kappa shape index (κ1) is 14.1. The summed E-state index contributed by atoms with van der Waals surface area (Å²) in [4.78, 5) is 17.4. The Bertz CT molecular complexity index is 505. The van der Waals surface area contributed by atoms with Gasteiger partial charge in [-0.3, -0.25) is 9.79 Å². The molecular weight excluding hydrogens is 284 g/mol. The molecule has 2 saturated carbocycles. The Morgan fingerprint density at radius 3 is 2.86 bits per heavy atom. The van der Waals surface area contributed by atoms with Gasteiger partial charge < -0.3 is 10.1 Å². The van der Waals surface area contributed by atoms with Crippen LogP contribution in [0.4, 0.5) is 0 Å². The Labute approximate surface area is 130 Å². The number of carbonyl (C=O) groups is 1. The molecule has 4 fully saturated rings. The van der Waals surface area contributed by atoms with E-state index in [9.17, 15) is 4.79 Å². The molecule has 0 aromatic rings. The summed E-state index contributed by atoms with van der Waals surface area (Å²) in [5, 5.41) is 3.93. The maximum Gasteiger partial charge on any atom is 0.242 e. The van der Waals surface area contributed by atoms with Gasteiger partial charge >= 0.3 is 0 Å². The number of rotatable bonds is 1. The maximum atomic E-state index is 12.5. The number of hydrogen-bond donors (Lipinski definition) is 1. The van der Waals surface area contributed by atoms with Crippen LogP contribution in [0.25, 0.3) is 0 Å². The lowest BCUT2D eigenvalue weighted by Crippen LogP contribution is -2.48. The fourth-order valence-corrected chi connectivity index (χ4v) is 6.10. The van der Waals surface area contributed by atoms with E-state index in [4.69, 9.17) is 9.73 Å². The van der Waals surface area contributed by atoms with Crippen LogP contribution in [0.3, 0.4) is 0 Å². The van der Waals surface area contributed by atoms with Crippen LogP contribution in [0, 0.1) is 11.8 Å². The molecule has 21 heavy (non-hydrogen) atoms. The molecule has 1 amide bonds. The maximum absolute atomic E-state index is 12.5. The van der Waals surface area contributed by atoms with Crippen molar-refractivity contribution in [3.63, 3.8) is 0 Å². The van der Waals surface area contributed by atoms with Gasteiger partial charge in [0, 0.05) is 6.61 Å². The van der Waals surface area contributed by atoms with E-state index in [0.29, 0.717) is 12.6 Å². The smallest absolute Gasteiger partial charge is 0.242 e. The van der Waals surface area contributed by atoms with Gasteiger partial charge in [-0.1, -0.05) is 18.2 Å². The average molecular weight is 308 g/mol. The van der Waals surface area contributed by atoms with Crippen molar-refractivity contribution >= 4 is 22.8 Å². The summed E-state index contributed by atoms with van der Waals surface area (Å²) in [5.74, 6) is 1.80. The van der Waals surface area contributed by atoms with E-state index in [1.807, 2.05) is 0 Å². The molecule has 4 unspecified atom stereocenters. The number of hydrogen-bond acceptors (Lipinski definition) is 4. The molecule has 4 nitrogen and oxygen atoms in total. The van der Waals surface area contributed by atoms with Gasteiger partial charge in [0.15, 0.2) is 5.17 Å². The van der Waals surface area contributed by atoms with E-state index in [1.54, 1.807) is 11.8 Å². The minimum atomic E-state index is -0.349. The van der Waals surface area contributed by atoms with Crippen LogP contribution in [0.2, 0.25) is 0 Å². The number of thioether (sulfide) groups is 1. The Balaban J connectivity index is 1.51. The molecule has 0 aromatic heterocycles. The zero-order valence-electron chi connectivity index (χ0n) is 12.9. The van der Waals surface area contributed by atoms with Crippen LogP contribution in [0.1, 0.15) is 52.4 Å². The minimum Gasteiger partial charge on any atom is -0.375 e. The highest BCUT2D eigenvalue weighted by atomic mass is 32.2. The van der Waals surface area contributed by atoms with Gasteiger partial charge in [0.05, 0.1) is 11.6 Å². The normalized spacial score (nSPS) is 46.5. The van der Waals surface area contributed by atoms with Crippen LogP contribution < -0.4 is 5.32 Å². The lowest BCUT2D eigenvalue weighted by atomic mass is 9.87. The van der Waals surface area contributed by atoms with Crippen LogP contribution >= 0.6 is 11.8 Å². The lowest BCUT2D eigenvalue weighted by molar-refractivity contribution is -0.129. The summed E-state index contributed by atoms with van der Waals surface area (Å²) in [7, 11) is 0. The Morgan fingerprint density at radius 1 is 1.33 bits per heavy atom. The van der Waals surface area contributed by atoms with Crippen molar-refractivity contribution in [2.24, 2.45) is 16.8 Å². The number of ether oxygens (including phenoxy) is 1. The standard InChI is InChI=1S/C16H24N2O2S/c1-15(2)9-16(5-6-20-15)13(19)18-14(21-16)17-12-8-10-3-4-11(12)7-10/h10-12H,3-9H2,1-2H3,(H,17,18,19). The van der Waals surface area contributed by atoms with Gasteiger partial charge in [0.25, 0.3) is 0 Å². The summed E-state index contributed by atoms with van der Waals surface area (Å²) in [6.45, 7) is 4.81. The molecule has 4 aliphatic rings. The number of aliphatic imine (C=N–C) groups is 1. The molecule has 5 heteroatoms. The molecular formula is C16H24N2O2S. The van der Waals surface area contributed by atoms with Gasteiger partial charge in [0.2, 0.25) is 5.91 Å². The summed E-state index contributed by atoms with van der Waals surface area (Å²) < 4.78 is 5.43. The number of nitrogens with one attached hydrogen (secondary N) is 1. The van der Waals surface area contributed by atoms with Crippen molar-refractivity contribution in [1.82, 2.24) is 5.32 Å². The fourth-order valence-electron chi connectivity index (χ4n) is 4.65. The van der Waals surface area contributed by atoms with E-state index >= 15 is 0 Å². The number of amides is 1. The molecule has 2 saturated heterocycles. The van der Waals surface area contributed by atoms with Gasteiger partial charge in [-0.05, 0) is 57.8 Å². The highest BCUT2D eigenvalue weighted by Gasteiger charge is 2.52. The summed E-state index contributed by atoms with van der Waals surface area (Å²) in [5.41, 5.74) is -0.218. The molecule has 0 radical (unpaired) electrons. The molecule has 4 rings (SSSR count). The largest absolute Gasteiger partial charge is 0.375 e. The van der Waals surface area contributed by atoms with Crippen molar-refractivity contribution in [3.05, 3.63) is 0 Å². The Morgan fingerprint density at radius 2 is 2.19 bits per heavy atom. The highest BCUT2D eigenvalue weighted by Crippen LogP contribution is 2.48. The molecule has 2 bridgehead atoms. The number of carbonyl (C=O) groups excluding carboxylic acids is 1. The van der Waals surface area contributed by atoms with Crippen LogP contribution in [0.15, 0.2) is 4.99 Å². The van der Waals surface area contributed by atoms with E-state index in [-0.39, 0.29) is 16.3 Å². The van der Waals surface area contributed by atoms with Crippen LogP contribution in [0.5, 0.6) is 0 Å². The van der Waals surface area contributed by atoms with E-state index < -0.39 is 0 Å². The summed E-state index contributed by atoms with van der Waals surface area (Å²) >= 11 is 1.67. The third-order valence-corrected chi connectivity index (χ3v) is 6.95. The lowest BCUT2D eigenvalue weighted by Gasteiger charge is -2.39. The predicted molar refractivity (Wildman–Crippen MR) is 84.4 cm³/mol.